The lowest BCUT2D eigenvalue weighted by Gasteiger charge is -2.07. The summed E-state index contributed by atoms with van der Waals surface area (Å²) in [6.45, 7) is 0. The van der Waals surface area contributed by atoms with Gasteiger partial charge in [0.1, 0.15) is 11.5 Å². The third kappa shape index (κ3) is 3.17. The summed E-state index contributed by atoms with van der Waals surface area (Å²) in [6, 6.07) is 17.1. The van der Waals surface area contributed by atoms with E-state index in [1.807, 2.05) is 54.6 Å². The molecule has 128 valence electrons. The van der Waals surface area contributed by atoms with Crippen molar-refractivity contribution < 1.29 is 4.74 Å². The molecule has 0 saturated heterocycles. The highest BCUT2D eigenvalue weighted by molar-refractivity contribution is 6.31. The molecular formula is C20H15ClN4O. The number of hydrazone groups is 1. The van der Waals surface area contributed by atoms with Crippen LogP contribution in [0.15, 0.2) is 77.1 Å². The predicted octanol–water partition coefficient (Wildman–Crippen LogP) is 4.18. The number of amidine groups is 1. The monoisotopic (exact) mass is 362 g/mol. The molecule has 0 saturated carbocycles. The van der Waals surface area contributed by atoms with E-state index in [2.05, 4.69) is 15.5 Å². The van der Waals surface area contributed by atoms with Crippen LogP contribution < -0.4 is 10.2 Å². The SMILES string of the molecule is COc1ccc(C2=Nc3ccc(Cl)cc3C(c3cccnc3)=NN2)cc1. The Morgan fingerprint density at radius 3 is 2.58 bits per heavy atom. The summed E-state index contributed by atoms with van der Waals surface area (Å²) in [5, 5.41) is 5.21. The van der Waals surface area contributed by atoms with Crippen LogP contribution in [-0.4, -0.2) is 23.6 Å². The molecule has 0 fully saturated rings. The van der Waals surface area contributed by atoms with Crippen LogP contribution in [0.2, 0.25) is 5.02 Å². The van der Waals surface area contributed by atoms with Gasteiger partial charge in [0.05, 0.1) is 12.8 Å². The highest BCUT2D eigenvalue weighted by Crippen LogP contribution is 2.28. The number of aliphatic imine (C=N–C) groups is 1. The van der Waals surface area contributed by atoms with Gasteiger partial charge >= 0.3 is 0 Å². The molecule has 0 amide bonds. The molecule has 1 N–H and O–H groups in total. The number of halogens is 1. The van der Waals surface area contributed by atoms with Gasteiger partial charge in [0.15, 0.2) is 5.84 Å². The summed E-state index contributed by atoms with van der Waals surface area (Å²) < 4.78 is 5.22. The molecule has 1 aromatic heterocycles. The van der Waals surface area contributed by atoms with Crippen LogP contribution in [0.5, 0.6) is 5.75 Å². The zero-order valence-corrected chi connectivity index (χ0v) is 14.7. The minimum atomic E-state index is 0.628. The molecule has 1 aliphatic heterocycles. The van der Waals surface area contributed by atoms with E-state index in [0.717, 1.165) is 33.8 Å². The van der Waals surface area contributed by atoms with E-state index in [1.54, 1.807) is 19.5 Å². The number of fused-ring (bicyclic) bond motifs is 1. The average Bonchev–Trinajstić information content (AvgIpc) is 2.88. The molecule has 26 heavy (non-hydrogen) atoms. The fourth-order valence-corrected chi connectivity index (χ4v) is 2.88. The summed E-state index contributed by atoms with van der Waals surface area (Å²) in [5.41, 5.74) is 7.24. The summed E-state index contributed by atoms with van der Waals surface area (Å²) in [7, 11) is 1.64. The van der Waals surface area contributed by atoms with E-state index in [-0.39, 0.29) is 0 Å². The van der Waals surface area contributed by atoms with Gasteiger partial charge in [-0.05, 0) is 54.6 Å². The van der Waals surface area contributed by atoms with Crippen molar-refractivity contribution in [2.24, 2.45) is 10.1 Å². The van der Waals surface area contributed by atoms with Crippen molar-refractivity contribution in [2.45, 2.75) is 0 Å². The summed E-state index contributed by atoms with van der Waals surface area (Å²) in [6.07, 6.45) is 3.50. The Kier molecular flexibility index (Phi) is 4.37. The molecule has 0 unspecified atom stereocenters. The van der Waals surface area contributed by atoms with E-state index in [4.69, 9.17) is 21.3 Å². The van der Waals surface area contributed by atoms with E-state index in [1.165, 1.54) is 0 Å². The van der Waals surface area contributed by atoms with Crippen molar-refractivity contribution in [3.63, 3.8) is 0 Å². The number of nitrogens with one attached hydrogen (secondary N) is 1. The van der Waals surface area contributed by atoms with Crippen molar-refractivity contribution >= 4 is 28.8 Å². The molecule has 5 nitrogen and oxygen atoms in total. The van der Waals surface area contributed by atoms with Crippen molar-refractivity contribution in [2.75, 3.05) is 7.11 Å². The summed E-state index contributed by atoms with van der Waals surface area (Å²) >= 11 is 6.22. The molecule has 4 rings (SSSR count). The smallest absolute Gasteiger partial charge is 0.154 e. The first-order valence-electron chi connectivity index (χ1n) is 8.02. The topological polar surface area (TPSA) is 58.9 Å². The maximum atomic E-state index is 6.22. The first-order valence-corrected chi connectivity index (χ1v) is 8.39. The minimum Gasteiger partial charge on any atom is -0.497 e. The lowest BCUT2D eigenvalue weighted by Crippen LogP contribution is -2.19. The number of hydrogen-bond donors (Lipinski definition) is 1. The van der Waals surface area contributed by atoms with E-state index < -0.39 is 0 Å². The van der Waals surface area contributed by atoms with Crippen molar-refractivity contribution in [1.29, 1.82) is 0 Å². The second-order valence-electron chi connectivity index (χ2n) is 5.66. The van der Waals surface area contributed by atoms with Gasteiger partial charge in [-0.1, -0.05) is 11.6 Å². The number of hydrogen-bond acceptors (Lipinski definition) is 5. The van der Waals surface area contributed by atoms with E-state index >= 15 is 0 Å². The summed E-state index contributed by atoms with van der Waals surface area (Å²) in [4.78, 5) is 8.94. The van der Waals surface area contributed by atoms with Crippen molar-refractivity contribution in [3.8, 4) is 5.75 Å². The maximum Gasteiger partial charge on any atom is 0.154 e. The van der Waals surface area contributed by atoms with Gasteiger partial charge in [0.25, 0.3) is 0 Å². The fraction of sp³-hybridized carbons (Fsp3) is 0.0500. The molecule has 0 radical (unpaired) electrons. The highest BCUT2D eigenvalue weighted by atomic mass is 35.5. The molecule has 0 bridgehead atoms. The first-order chi connectivity index (χ1) is 12.7. The Morgan fingerprint density at radius 2 is 1.85 bits per heavy atom. The van der Waals surface area contributed by atoms with Crippen LogP contribution in [0, 0.1) is 0 Å². The normalized spacial score (nSPS) is 13.0. The minimum absolute atomic E-state index is 0.628. The third-order valence-corrected chi connectivity index (χ3v) is 4.25. The molecule has 0 spiro atoms. The molecular weight excluding hydrogens is 348 g/mol. The van der Waals surface area contributed by atoms with Gasteiger partial charge in [-0.3, -0.25) is 10.4 Å². The van der Waals surface area contributed by atoms with E-state index in [9.17, 15) is 0 Å². The number of aromatic nitrogens is 1. The zero-order valence-electron chi connectivity index (χ0n) is 14.0. The lowest BCUT2D eigenvalue weighted by atomic mass is 10.0. The van der Waals surface area contributed by atoms with Crippen LogP contribution in [-0.2, 0) is 0 Å². The molecule has 0 aliphatic carbocycles. The van der Waals surface area contributed by atoms with Crippen LogP contribution >= 0.6 is 11.6 Å². The number of nitrogens with zero attached hydrogens (tertiary/aromatic N) is 3. The van der Waals surface area contributed by atoms with Crippen LogP contribution in [0.1, 0.15) is 16.7 Å². The largest absolute Gasteiger partial charge is 0.497 e. The molecule has 6 heteroatoms. The third-order valence-electron chi connectivity index (χ3n) is 4.02. The zero-order chi connectivity index (χ0) is 17.9. The standard InChI is InChI=1S/C20H15ClN4O/c1-26-16-7-4-13(5-8-16)20-23-18-9-6-15(21)11-17(18)19(24-25-20)14-3-2-10-22-12-14/h2-12H,1H3,(H,23,25). The van der Waals surface area contributed by atoms with Gasteiger partial charge in [-0.25, -0.2) is 4.99 Å². The number of pyridine rings is 1. The van der Waals surface area contributed by atoms with Crippen molar-refractivity contribution in [1.82, 2.24) is 10.4 Å². The highest BCUT2D eigenvalue weighted by Gasteiger charge is 2.17. The Bertz CT molecular complexity index is 998. The van der Waals surface area contributed by atoms with Gasteiger partial charge in [0.2, 0.25) is 0 Å². The second-order valence-corrected chi connectivity index (χ2v) is 6.10. The Labute approximate surface area is 156 Å². The quantitative estimate of drug-likeness (QED) is 0.760. The average molecular weight is 363 g/mol. The molecule has 2 aromatic carbocycles. The Morgan fingerprint density at radius 1 is 1.00 bits per heavy atom. The lowest BCUT2D eigenvalue weighted by molar-refractivity contribution is 0.415. The molecule has 2 heterocycles. The molecule has 0 atom stereocenters. The van der Waals surface area contributed by atoms with Gasteiger partial charge in [-0.15, -0.1) is 0 Å². The first kappa shape index (κ1) is 16.3. The van der Waals surface area contributed by atoms with E-state index in [0.29, 0.717) is 10.9 Å². The number of ether oxygens (including phenoxy) is 1. The Balaban J connectivity index is 1.83. The van der Waals surface area contributed by atoms with Gasteiger partial charge in [-0.2, -0.15) is 5.10 Å². The number of methoxy groups -OCH3 is 1. The summed E-state index contributed by atoms with van der Waals surface area (Å²) in [5.74, 6) is 1.44. The second kappa shape index (κ2) is 6.98. The Hall–Kier alpha value is -3.18. The fourth-order valence-electron chi connectivity index (χ4n) is 2.71. The van der Waals surface area contributed by atoms with Crippen LogP contribution in [0.3, 0.4) is 0 Å². The van der Waals surface area contributed by atoms with Crippen molar-refractivity contribution in [3.05, 3.63) is 88.7 Å². The number of benzene rings is 2. The predicted molar refractivity (Wildman–Crippen MR) is 104 cm³/mol. The molecule has 1 aliphatic rings. The van der Waals surface area contributed by atoms with Gasteiger partial charge < -0.3 is 4.74 Å². The maximum absolute atomic E-state index is 6.22. The van der Waals surface area contributed by atoms with Crippen LogP contribution in [0.4, 0.5) is 5.69 Å². The number of rotatable bonds is 3. The van der Waals surface area contributed by atoms with Gasteiger partial charge in [0, 0.05) is 34.1 Å². The molecule has 3 aromatic rings. The van der Waals surface area contributed by atoms with Crippen LogP contribution in [0.25, 0.3) is 0 Å².